The number of rotatable bonds is 7. The molecular weight excluding hydrogens is 290 g/mol. The quantitative estimate of drug-likeness (QED) is 0.605. The van der Waals surface area contributed by atoms with Crippen molar-refractivity contribution in [3.05, 3.63) is 30.3 Å². The molecular formula is C14H19N3O5. The van der Waals surface area contributed by atoms with Crippen LogP contribution in [0.1, 0.15) is 0 Å². The van der Waals surface area contributed by atoms with Crippen LogP contribution in [0.3, 0.4) is 0 Å². The van der Waals surface area contributed by atoms with Gasteiger partial charge in [0, 0.05) is 13.1 Å². The minimum absolute atomic E-state index is 0.0241. The predicted molar refractivity (Wildman–Crippen MR) is 79.5 cm³/mol. The van der Waals surface area contributed by atoms with Crippen LogP contribution in [0.4, 0.5) is 15.3 Å². The number of hydrogen-bond acceptors (Lipinski definition) is 5. The Kier molecular flexibility index (Phi) is 7.58. The molecule has 0 aliphatic heterocycles. The predicted octanol–water partition coefficient (Wildman–Crippen LogP) is -0.192. The number of urea groups is 2. The maximum atomic E-state index is 12.5. The van der Waals surface area contributed by atoms with E-state index in [0.29, 0.717) is 12.0 Å². The van der Waals surface area contributed by atoms with Crippen LogP contribution >= 0.6 is 0 Å². The molecule has 22 heavy (non-hydrogen) atoms. The van der Waals surface area contributed by atoms with E-state index < -0.39 is 12.1 Å². The summed E-state index contributed by atoms with van der Waals surface area (Å²) in [6, 6.07) is 6.72. The molecule has 0 aliphatic carbocycles. The molecule has 0 saturated heterocycles. The molecule has 0 radical (unpaired) electrons. The van der Waals surface area contributed by atoms with Gasteiger partial charge < -0.3 is 25.2 Å². The van der Waals surface area contributed by atoms with E-state index in [0.717, 1.165) is 9.80 Å². The van der Waals surface area contributed by atoms with Gasteiger partial charge in [-0.25, -0.2) is 14.5 Å². The van der Waals surface area contributed by atoms with Crippen molar-refractivity contribution in [1.82, 2.24) is 10.2 Å². The van der Waals surface area contributed by atoms with Crippen LogP contribution in [0.5, 0.6) is 0 Å². The number of carbonyl (C=O) groups is 3. The van der Waals surface area contributed by atoms with E-state index in [1.165, 1.54) is 0 Å². The van der Waals surface area contributed by atoms with Gasteiger partial charge in [0.05, 0.1) is 25.4 Å². The highest BCUT2D eigenvalue weighted by atomic mass is 16.3. The Morgan fingerprint density at radius 1 is 1.09 bits per heavy atom. The highest BCUT2D eigenvalue weighted by Gasteiger charge is 2.27. The Labute approximate surface area is 127 Å². The van der Waals surface area contributed by atoms with Crippen LogP contribution in [0, 0.1) is 0 Å². The number of anilines is 1. The van der Waals surface area contributed by atoms with Crippen LogP contribution in [0.25, 0.3) is 0 Å². The number of imide groups is 1. The van der Waals surface area contributed by atoms with Crippen molar-refractivity contribution in [3.8, 4) is 0 Å². The molecule has 0 aliphatic rings. The molecule has 0 saturated carbocycles. The number of hydrogen-bond donors (Lipinski definition) is 3. The van der Waals surface area contributed by atoms with Crippen LogP contribution in [0.2, 0.25) is 0 Å². The smallest absolute Gasteiger partial charge is 0.332 e. The summed E-state index contributed by atoms with van der Waals surface area (Å²) in [6.45, 7) is -0.878. The molecule has 0 atom stereocenters. The molecule has 4 amide bonds. The van der Waals surface area contributed by atoms with Gasteiger partial charge in [0.2, 0.25) is 0 Å². The zero-order valence-electron chi connectivity index (χ0n) is 12.0. The zero-order chi connectivity index (χ0) is 16.4. The van der Waals surface area contributed by atoms with Gasteiger partial charge in [0.25, 0.3) is 0 Å². The van der Waals surface area contributed by atoms with Gasteiger partial charge >= 0.3 is 12.1 Å². The zero-order valence-corrected chi connectivity index (χ0v) is 12.0. The first-order valence-corrected chi connectivity index (χ1v) is 6.73. The third kappa shape index (κ3) is 4.83. The normalized spacial score (nSPS) is 9.91. The molecule has 1 rings (SSSR count). The molecule has 0 heterocycles. The first-order chi connectivity index (χ1) is 10.7. The van der Waals surface area contributed by atoms with Gasteiger partial charge in [-0.1, -0.05) is 18.2 Å². The number of carbonyl (C=O) groups excluding carboxylic acids is 3. The molecule has 3 N–H and O–H groups in total. The summed E-state index contributed by atoms with van der Waals surface area (Å²) in [6.07, 6.45) is 0.505. The van der Waals surface area contributed by atoms with Gasteiger partial charge in [-0.3, -0.25) is 0 Å². The van der Waals surface area contributed by atoms with E-state index in [4.69, 9.17) is 10.2 Å². The first-order valence-electron chi connectivity index (χ1n) is 6.73. The van der Waals surface area contributed by atoms with Crippen molar-refractivity contribution in [2.45, 2.75) is 0 Å². The lowest BCUT2D eigenvalue weighted by Gasteiger charge is -2.28. The molecule has 1 aromatic carbocycles. The van der Waals surface area contributed by atoms with Gasteiger partial charge in [-0.2, -0.15) is 0 Å². The van der Waals surface area contributed by atoms with Crippen LogP contribution in [-0.4, -0.2) is 66.3 Å². The Hall–Kier alpha value is -2.45. The van der Waals surface area contributed by atoms with E-state index in [1.807, 2.05) is 0 Å². The number of aliphatic hydroxyl groups is 2. The van der Waals surface area contributed by atoms with Crippen molar-refractivity contribution in [1.29, 1.82) is 0 Å². The van der Waals surface area contributed by atoms with Gasteiger partial charge in [-0.05, 0) is 12.1 Å². The lowest BCUT2D eigenvalue weighted by molar-refractivity contribution is -0.107. The molecule has 120 valence electrons. The average molecular weight is 309 g/mol. The Bertz CT molecular complexity index is 489. The Morgan fingerprint density at radius 2 is 1.68 bits per heavy atom. The second-order valence-electron chi connectivity index (χ2n) is 4.24. The van der Waals surface area contributed by atoms with Crippen molar-refractivity contribution < 1.29 is 24.6 Å². The summed E-state index contributed by atoms with van der Waals surface area (Å²) < 4.78 is 0. The number of aldehydes is 1. The van der Waals surface area contributed by atoms with E-state index in [9.17, 15) is 14.4 Å². The van der Waals surface area contributed by atoms with Crippen LogP contribution < -0.4 is 10.2 Å². The summed E-state index contributed by atoms with van der Waals surface area (Å²) in [5.41, 5.74) is 0.316. The highest BCUT2D eigenvalue weighted by molar-refractivity contribution is 6.13. The van der Waals surface area contributed by atoms with Crippen molar-refractivity contribution >= 4 is 24.0 Å². The van der Waals surface area contributed by atoms with Crippen molar-refractivity contribution in [3.63, 3.8) is 0 Å². The first kappa shape index (κ1) is 17.6. The summed E-state index contributed by atoms with van der Waals surface area (Å²) in [5, 5.41) is 20.3. The molecule has 0 spiro atoms. The van der Waals surface area contributed by atoms with Gasteiger partial charge in [0.1, 0.15) is 6.29 Å². The molecule has 0 fully saturated rings. The summed E-state index contributed by atoms with van der Waals surface area (Å²) >= 11 is 0. The fraction of sp³-hybridized carbons (Fsp3) is 0.357. The largest absolute Gasteiger partial charge is 0.395 e. The molecule has 1 aromatic rings. The number of nitrogens with one attached hydrogen (secondary N) is 1. The van der Waals surface area contributed by atoms with Crippen molar-refractivity contribution in [2.75, 3.05) is 37.7 Å². The minimum atomic E-state index is -0.760. The van der Waals surface area contributed by atoms with Crippen LogP contribution in [0.15, 0.2) is 30.3 Å². The standard InChI is InChI=1S/C14H19N3O5/c18-9-6-15-13(21)17(12-4-2-1-3-5-12)14(22)16(7-10-19)8-11-20/h1-5,9,19-20H,6-8,10-11H2,(H,15,21). The average Bonchev–Trinajstić information content (AvgIpc) is 2.54. The molecule has 8 heteroatoms. The minimum Gasteiger partial charge on any atom is -0.395 e. The van der Waals surface area contributed by atoms with E-state index in [1.54, 1.807) is 30.3 Å². The van der Waals surface area contributed by atoms with Crippen LogP contribution in [-0.2, 0) is 4.79 Å². The van der Waals surface area contributed by atoms with E-state index in [2.05, 4.69) is 5.32 Å². The summed E-state index contributed by atoms with van der Waals surface area (Å²) in [5.74, 6) is 0. The van der Waals surface area contributed by atoms with Crippen molar-refractivity contribution in [2.24, 2.45) is 0 Å². The fourth-order valence-electron chi connectivity index (χ4n) is 1.79. The molecule has 0 bridgehead atoms. The number of amides is 4. The van der Waals surface area contributed by atoms with Gasteiger partial charge in [-0.15, -0.1) is 0 Å². The maximum absolute atomic E-state index is 12.5. The molecule has 8 nitrogen and oxygen atoms in total. The second-order valence-corrected chi connectivity index (χ2v) is 4.24. The number of benzene rings is 1. The molecule has 0 aromatic heterocycles. The SMILES string of the molecule is O=CCNC(=O)N(C(=O)N(CCO)CCO)c1ccccc1. The maximum Gasteiger partial charge on any atom is 0.332 e. The Morgan fingerprint density at radius 3 is 2.18 bits per heavy atom. The second kappa shape index (κ2) is 9.48. The monoisotopic (exact) mass is 309 g/mol. The number of aliphatic hydroxyl groups excluding tert-OH is 2. The fourth-order valence-corrected chi connectivity index (χ4v) is 1.79. The topological polar surface area (TPSA) is 110 Å². The number of nitrogens with zero attached hydrogens (tertiary/aromatic N) is 2. The van der Waals surface area contributed by atoms with E-state index >= 15 is 0 Å². The van der Waals surface area contributed by atoms with E-state index in [-0.39, 0.29) is 32.8 Å². The summed E-state index contributed by atoms with van der Waals surface area (Å²) in [7, 11) is 0. The number of para-hydroxylation sites is 1. The lowest BCUT2D eigenvalue weighted by Crippen LogP contribution is -2.52. The summed E-state index contributed by atoms with van der Waals surface area (Å²) in [4.78, 5) is 37.0. The van der Waals surface area contributed by atoms with Gasteiger partial charge in [0.15, 0.2) is 0 Å². The molecule has 0 unspecified atom stereocenters. The lowest BCUT2D eigenvalue weighted by atomic mass is 10.3. The Balaban J connectivity index is 3.05. The third-order valence-corrected chi connectivity index (χ3v) is 2.76. The third-order valence-electron chi connectivity index (χ3n) is 2.76. The highest BCUT2D eigenvalue weighted by Crippen LogP contribution is 2.15.